The fourth-order valence-corrected chi connectivity index (χ4v) is 0.117. The van der Waals surface area contributed by atoms with Crippen molar-refractivity contribution in [3.63, 3.8) is 0 Å². The third-order valence-corrected chi connectivity index (χ3v) is 0.399. The van der Waals surface area contributed by atoms with Crippen LogP contribution in [0.2, 0.25) is 0 Å². The van der Waals surface area contributed by atoms with Crippen molar-refractivity contribution in [1.29, 1.82) is 5.26 Å². The normalized spacial score (nSPS) is 12.0. The van der Waals surface area contributed by atoms with E-state index in [1.165, 1.54) is 6.19 Å². The molecule has 0 radical (unpaired) electrons. The molecule has 34 valence electrons. The first-order valence-electron chi connectivity index (χ1n) is 1.03. The van der Waals surface area contributed by atoms with Gasteiger partial charge in [-0.15, -0.1) is 0 Å². The molecule has 0 bridgehead atoms. The summed E-state index contributed by atoms with van der Waals surface area (Å²) < 4.78 is 18.6. The zero-order valence-corrected chi connectivity index (χ0v) is 3.53. The number of hydrogen-bond donors (Lipinski definition) is 2. The molecule has 2 N–H and O–H groups in total. The van der Waals surface area contributed by atoms with Gasteiger partial charge in [-0.25, -0.2) is 8.93 Å². The van der Waals surface area contributed by atoms with Gasteiger partial charge in [-0.3, -0.25) is 4.55 Å². The zero-order valence-electron chi connectivity index (χ0n) is 2.71. The number of nitrogens with one attached hydrogen (secondary N) is 1. The lowest BCUT2D eigenvalue weighted by Crippen LogP contribution is -2.06. The Morgan fingerprint density at radius 3 is 2.50 bits per heavy atom. The Labute approximate surface area is 37.2 Å². The van der Waals surface area contributed by atoms with Crippen LogP contribution in [-0.2, 0) is 11.3 Å². The van der Waals surface area contributed by atoms with E-state index in [0.717, 1.165) is 0 Å². The summed E-state index contributed by atoms with van der Waals surface area (Å²) in [7, 11) is 0. The van der Waals surface area contributed by atoms with Crippen molar-refractivity contribution in [2.75, 3.05) is 0 Å². The summed E-state index contributed by atoms with van der Waals surface area (Å²) in [5, 5.41) is 7.52. The lowest BCUT2D eigenvalue weighted by Gasteiger charge is -1.76. The molecule has 0 aliphatic heterocycles. The molecular formula is CH2N2O2S. The van der Waals surface area contributed by atoms with Crippen molar-refractivity contribution >= 4 is 11.3 Å². The molecule has 0 spiro atoms. The van der Waals surface area contributed by atoms with Crippen LogP contribution >= 0.6 is 0 Å². The minimum Gasteiger partial charge on any atom is -0.289 e. The molecule has 5 heteroatoms. The molecule has 0 heterocycles. The third kappa shape index (κ3) is 3.40. The first-order chi connectivity index (χ1) is 2.77. The molecule has 0 amide bonds. The lowest BCUT2D eigenvalue weighted by atomic mass is 11.5. The maximum atomic E-state index is 9.38. The van der Waals surface area contributed by atoms with E-state index < -0.39 is 11.3 Å². The molecule has 0 aromatic rings. The first kappa shape index (κ1) is 5.40. The van der Waals surface area contributed by atoms with Crippen LogP contribution in [0.5, 0.6) is 0 Å². The smallest absolute Gasteiger partial charge is 0.268 e. The molecule has 0 rings (SSSR count). The van der Waals surface area contributed by atoms with Crippen molar-refractivity contribution in [1.82, 2.24) is 4.72 Å². The van der Waals surface area contributed by atoms with E-state index in [1.54, 1.807) is 4.72 Å². The fraction of sp³-hybridized carbons (Fsp3) is 0. The van der Waals surface area contributed by atoms with Gasteiger partial charge in [-0.05, 0) is 0 Å². The molecule has 0 fully saturated rings. The Kier molecular flexibility index (Phi) is 2.36. The molecule has 0 aliphatic carbocycles. The van der Waals surface area contributed by atoms with Crippen LogP contribution in [0.4, 0.5) is 0 Å². The molecule has 1 unspecified atom stereocenters. The summed E-state index contributed by atoms with van der Waals surface area (Å²) in [5.74, 6) is 0. The van der Waals surface area contributed by atoms with Crippen LogP contribution in [0.25, 0.3) is 0 Å². The Balaban J connectivity index is 3.13. The van der Waals surface area contributed by atoms with Crippen molar-refractivity contribution in [3.8, 4) is 6.19 Å². The quantitative estimate of drug-likeness (QED) is 0.261. The average molecular weight is 106 g/mol. The predicted molar refractivity (Wildman–Crippen MR) is 19.5 cm³/mol. The Hall–Kier alpha value is -0.600. The molecule has 1 atom stereocenters. The molecule has 0 aliphatic rings. The van der Waals surface area contributed by atoms with E-state index in [2.05, 4.69) is 0 Å². The zero-order chi connectivity index (χ0) is 4.99. The topological polar surface area (TPSA) is 73.1 Å². The predicted octanol–water partition coefficient (Wildman–Crippen LogP) is -0.806. The Bertz CT molecular complexity index is 94.2. The second-order valence-electron chi connectivity index (χ2n) is 0.463. The van der Waals surface area contributed by atoms with E-state index in [0.29, 0.717) is 0 Å². The summed E-state index contributed by atoms with van der Waals surface area (Å²) >= 11 is -2.18. The van der Waals surface area contributed by atoms with Gasteiger partial charge in [0.25, 0.3) is 11.3 Å². The average Bonchev–Trinajstić information content (AvgIpc) is 1.35. The van der Waals surface area contributed by atoms with Crippen LogP contribution in [0, 0.1) is 11.5 Å². The van der Waals surface area contributed by atoms with E-state index in [1.807, 2.05) is 0 Å². The first-order valence-corrected chi connectivity index (χ1v) is 2.13. The highest BCUT2D eigenvalue weighted by atomic mass is 32.2. The molecule has 6 heavy (non-hydrogen) atoms. The second kappa shape index (κ2) is 2.63. The van der Waals surface area contributed by atoms with Gasteiger partial charge in [-0.2, -0.15) is 5.26 Å². The second-order valence-corrected chi connectivity index (χ2v) is 1.17. The van der Waals surface area contributed by atoms with Crippen LogP contribution < -0.4 is 4.72 Å². The molecule has 0 aromatic heterocycles. The van der Waals surface area contributed by atoms with Gasteiger partial charge in [0, 0.05) is 0 Å². The van der Waals surface area contributed by atoms with Gasteiger partial charge >= 0.3 is 0 Å². The standard InChI is InChI=1S/CH2N2O2S/c2-1-3-6(4)5/h3H,(H,4,5). The van der Waals surface area contributed by atoms with Crippen LogP contribution in [-0.4, -0.2) is 8.76 Å². The molecule has 4 nitrogen and oxygen atoms in total. The highest BCUT2D eigenvalue weighted by Gasteiger charge is 1.78. The molecule has 0 aromatic carbocycles. The van der Waals surface area contributed by atoms with Gasteiger partial charge in [0.1, 0.15) is 0 Å². The Morgan fingerprint density at radius 1 is 2.00 bits per heavy atom. The summed E-state index contributed by atoms with van der Waals surface area (Å²) in [6.45, 7) is 0. The fourth-order valence-electron chi connectivity index (χ4n) is 0.0390. The van der Waals surface area contributed by atoms with E-state index in [4.69, 9.17) is 9.81 Å². The number of hydrogen-bond acceptors (Lipinski definition) is 2. The third-order valence-electron chi connectivity index (χ3n) is 0.133. The van der Waals surface area contributed by atoms with Crippen molar-refractivity contribution in [2.45, 2.75) is 0 Å². The van der Waals surface area contributed by atoms with Crippen LogP contribution in [0.1, 0.15) is 0 Å². The van der Waals surface area contributed by atoms with Crippen molar-refractivity contribution in [2.24, 2.45) is 0 Å². The summed E-state index contributed by atoms with van der Waals surface area (Å²) in [6, 6.07) is 0. The van der Waals surface area contributed by atoms with E-state index >= 15 is 0 Å². The Morgan fingerprint density at radius 2 is 2.50 bits per heavy atom. The minimum absolute atomic E-state index is 1.27. The van der Waals surface area contributed by atoms with Gasteiger partial charge in [0.15, 0.2) is 6.19 Å². The van der Waals surface area contributed by atoms with Gasteiger partial charge in [0.05, 0.1) is 0 Å². The maximum absolute atomic E-state index is 9.38. The van der Waals surface area contributed by atoms with Crippen LogP contribution in [0.3, 0.4) is 0 Å². The highest BCUT2D eigenvalue weighted by molar-refractivity contribution is 7.77. The largest absolute Gasteiger partial charge is 0.289 e. The summed E-state index contributed by atoms with van der Waals surface area (Å²) in [4.78, 5) is 0. The number of nitrogens with zero attached hydrogens (tertiary/aromatic N) is 1. The van der Waals surface area contributed by atoms with Crippen LogP contribution in [0.15, 0.2) is 0 Å². The molecular weight excluding hydrogens is 104 g/mol. The van der Waals surface area contributed by atoms with Gasteiger partial charge in [-0.1, -0.05) is 0 Å². The molecule has 0 saturated heterocycles. The molecule has 0 saturated carbocycles. The monoisotopic (exact) mass is 106 g/mol. The highest BCUT2D eigenvalue weighted by Crippen LogP contribution is 1.52. The number of rotatable bonds is 1. The van der Waals surface area contributed by atoms with Gasteiger partial charge < -0.3 is 0 Å². The summed E-state index contributed by atoms with van der Waals surface area (Å²) in [6.07, 6.45) is 1.27. The van der Waals surface area contributed by atoms with E-state index in [-0.39, 0.29) is 0 Å². The SMILES string of the molecule is N#CNS(=O)O. The maximum Gasteiger partial charge on any atom is 0.268 e. The van der Waals surface area contributed by atoms with E-state index in [9.17, 15) is 4.21 Å². The summed E-state index contributed by atoms with van der Waals surface area (Å²) in [5.41, 5.74) is 0. The number of nitriles is 1. The lowest BCUT2D eigenvalue weighted by molar-refractivity contribution is 0.559. The van der Waals surface area contributed by atoms with Crippen molar-refractivity contribution in [3.05, 3.63) is 0 Å². The van der Waals surface area contributed by atoms with Gasteiger partial charge in [0.2, 0.25) is 0 Å². The minimum atomic E-state index is -2.18. The van der Waals surface area contributed by atoms with Crippen molar-refractivity contribution < 1.29 is 8.76 Å².